The van der Waals surface area contributed by atoms with Crippen LogP contribution >= 0.6 is 0 Å². The summed E-state index contributed by atoms with van der Waals surface area (Å²) in [4.78, 5) is 22.1. The number of para-hydroxylation sites is 1. The Hall–Kier alpha value is -3.62. The molecular weight excluding hydrogens is 412 g/mol. The maximum absolute atomic E-state index is 13.2. The van der Waals surface area contributed by atoms with Gasteiger partial charge in [0.1, 0.15) is 0 Å². The van der Waals surface area contributed by atoms with Crippen LogP contribution in [0.1, 0.15) is 10.4 Å². The van der Waals surface area contributed by atoms with Gasteiger partial charge in [0.15, 0.2) is 0 Å². The van der Waals surface area contributed by atoms with Gasteiger partial charge in [-0.05, 0) is 42.5 Å². The second-order valence-electron chi connectivity index (χ2n) is 7.08. The van der Waals surface area contributed by atoms with E-state index in [1.54, 1.807) is 30.6 Å². The molecule has 0 bridgehead atoms. The molecule has 4 aromatic rings. The van der Waals surface area contributed by atoms with Crippen molar-refractivity contribution in [2.75, 3.05) is 19.4 Å². The molecule has 0 fully saturated rings. The summed E-state index contributed by atoms with van der Waals surface area (Å²) in [6.45, 7) is 0. The molecule has 2 aromatic carbocycles. The van der Waals surface area contributed by atoms with E-state index in [9.17, 15) is 13.2 Å². The van der Waals surface area contributed by atoms with Gasteiger partial charge in [-0.25, -0.2) is 17.7 Å². The maximum atomic E-state index is 13.2. The van der Waals surface area contributed by atoms with Gasteiger partial charge >= 0.3 is 0 Å². The minimum Gasteiger partial charge on any atom is -0.322 e. The fourth-order valence-corrected chi connectivity index (χ4v) is 4.12. The van der Waals surface area contributed by atoms with Crippen molar-refractivity contribution in [1.29, 1.82) is 0 Å². The van der Waals surface area contributed by atoms with Gasteiger partial charge in [-0.3, -0.25) is 9.78 Å². The van der Waals surface area contributed by atoms with E-state index in [4.69, 9.17) is 0 Å². The van der Waals surface area contributed by atoms with E-state index in [1.807, 2.05) is 36.4 Å². The fourth-order valence-electron chi connectivity index (χ4n) is 3.17. The predicted octanol–water partition coefficient (Wildman–Crippen LogP) is 3.80. The van der Waals surface area contributed by atoms with Crippen molar-refractivity contribution >= 4 is 32.5 Å². The van der Waals surface area contributed by atoms with Crippen molar-refractivity contribution < 1.29 is 13.2 Å². The second-order valence-corrected chi connectivity index (χ2v) is 9.24. The van der Waals surface area contributed by atoms with Crippen LogP contribution in [-0.2, 0) is 10.0 Å². The number of rotatable bonds is 5. The summed E-state index contributed by atoms with van der Waals surface area (Å²) in [5.41, 5.74) is 2.92. The van der Waals surface area contributed by atoms with E-state index in [-0.39, 0.29) is 10.8 Å². The first kappa shape index (κ1) is 20.6. The van der Waals surface area contributed by atoms with Crippen molar-refractivity contribution in [2.24, 2.45) is 0 Å². The van der Waals surface area contributed by atoms with E-state index in [1.165, 1.54) is 26.2 Å². The number of nitrogens with one attached hydrogen (secondary N) is 1. The lowest BCUT2D eigenvalue weighted by Crippen LogP contribution is -2.22. The minimum absolute atomic E-state index is 0.103. The molecule has 31 heavy (non-hydrogen) atoms. The lowest BCUT2D eigenvalue weighted by Gasteiger charge is -2.13. The number of nitrogens with zero attached hydrogens (tertiary/aromatic N) is 3. The third kappa shape index (κ3) is 4.16. The molecule has 1 N–H and O–H groups in total. The Morgan fingerprint density at radius 2 is 1.77 bits per heavy atom. The largest absolute Gasteiger partial charge is 0.322 e. The first-order valence-corrected chi connectivity index (χ1v) is 10.9. The molecule has 1 amide bonds. The molecule has 0 radical (unpaired) electrons. The summed E-state index contributed by atoms with van der Waals surface area (Å²) in [7, 11) is -0.688. The van der Waals surface area contributed by atoms with Gasteiger partial charge in [0.25, 0.3) is 5.91 Å². The van der Waals surface area contributed by atoms with Crippen LogP contribution in [0.3, 0.4) is 0 Å². The summed E-state index contributed by atoms with van der Waals surface area (Å²) in [5.74, 6) is -0.358. The zero-order valence-corrected chi connectivity index (χ0v) is 17.8. The Labute approximate surface area is 180 Å². The number of sulfonamides is 1. The smallest absolute Gasteiger partial charge is 0.256 e. The topological polar surface area (TPSA) is 92.3 Å². The molecule has 0 spiro atoms. The number of pyridine rings is 2. The van der Waals surface area contributed by atoms with Crippen LogP contribution in [0.4, 0.5) is 5.69 Å². The van der Waals surface area contributed by atoms with Crippen molar-refractivity contribution in [1.82, 2.24) is 14.3 Å². The number of hydrogen-bond acceptors (Lipinski definition) is 5. The Balaban J connectivity index is 1.75. The van der Waals surface area contributed by atoms with E-state index < -0.39 is 10.0 Å². The number of aromatic nitrogens is 2. The van der Waals surface area contributed by atoms with E-state index >= 15 is 0 Å². The molecule has 0 atom stereocenters. The predicted molar refractivity (Wildman–Crippen MR) is 120 cm³/mol. The van der Waals surface area contributed by atoms with Gasteiger partial charge < -0.3 is 5.32 Å². The molecular formula is C23H20N4O3S. The highest BCUT2D eigenvalue weighted by molar-refractivity contribution is 7.89. The van der Waals surface area contributed by atoms with Gasteiger partial charge in [-0.1, -0.05) is 24.3 Å². The maximum Gasteiger partial charge on any atom is 0.256 e. The minimum atomic E-state index is -3.61. The van der Waals surface area contributed by atoms with Crippen molar-refractivity contribution in [2.45, 2.75) is 4.90 Å². The van der Waals surface area contributed by atoms with Gasteiger partial charge in [0.05, 0.1) is 21.7 Å². The number of hydrogen-bond donors (Lipinski definition) is 1. The van der Waals surface area contributed by atoms with E-state index in [0.717, 1.165) is 9.87 Å². The third-order valence-corrected chi connectivity index (χ3v) is 6.60. The zero-order valence-electron chi connectivity index (χ0n) is 17.0. The van der Waals surface area contributed by atoms with Crippen LogP contribution < -0.4 is 5.32 Å². The van der Waals surface area contributed by atoms with Crippen LogP contribution in [0.25, 0.3) is 22.2 Å². The first-order chi connectivity index (χ1) is 14.9. The van der Waals surface area contributed by atoms with Crippen LogP contribution in [0.5, 0.6) is 0 Å². The van der Waals surface area contributed by atoms with Crippen molar-refractivity contribution in [3.8, 4) is 11.3 Å². The van der Waals surface area contributed by atoms with Crippen LogP contribution in [0.2, 0.25) is 0 Å². The molecule has 2 aromatic heterocycles. The Kier molecular flexibility index (Phi) is 5.50. The molecule has 0 aliphatic rings. The SMILES string of the molecule is CN(C)S(=O)(=O)c1cccc(NC(=O)c2cc(-c3cccnc3)nc3ccccc23)c1. The van der Waals surface area contributed by atoms with E-state index in [0.29, 0.717) is 27.8 Å². The standard InChI is InChI=1S/C23H20N4O3S/c1-27(2)31(29,30)18-9-5-8-17(13-18)25-23(28)20-14-22(16-7-6-12-24-15-16)26-21-11-4-3-10-19(20)21/h3-15H,1-2H3,(H,25,28). The lowest BCUT2D eigenvalue weighted by atomic mass is 10.0. The monoisotopic (exact) mass is 432 g/mol. The highest BCUT2D eigenvalue weighted by Crippen LogP contribution is 2.26. The zero-order chi connectivity index (χ0) is 22.0. The average molecular weight is 433 g/mol. The number of carbonyl (C=O) groups is 1. The summed E-state index contributed by atoms with van der Waals surface area (Å²) < 4.78 is 26.0. The molecule has 2 heterocycles. The average Bonchev–Trinajstić information content (AvgIpc) is 2.79. The molecule has 0 saturated heterocycles. The molecule has 7 nitrogen and oxygen atoms in total. The quantitative estimate of drug-likeness (QED) is 0.518. The molecule has 0 aliphatic heterocycles. The Bertz CT molecular complexity index is 1370. The van der Waals surface area contributed by atoms with Crippen LogP contribution in [0, 0.1) is 0 Å². The van der Waals surface area contributed by atoms with E-state index in [2.05, 4.69) is 15.3 Å². The molecule has 0 saturated carbocycles. The van der Waals surface area contributed by atoms with Gasteiger partial charge in [-0.2, -0.15) is 0 Å². The first-order valence-electron chi connectivity index (χ1n) is 9.50. The number of amides is 1. The highest BCUT2D eigenvalue weighted by Gasteiger charge is 2.19. The Morgan fingerprint density at radius 3 is 2.52 bits per heavy atom. The second kappa shape index (κ2) is 8.25. The summed E-state index contributed by atoms with van der Waals surface area (Å²) in [6.07, 6.45) is 3.36. The highest BCUT2D eigenvalue weighted by atomic mass is 32.2. The van der Waals surface area contributed by atoms with Crippen LogP contribution in [-0.4, -0.2) is 42.7 Å². The molecule has 4 rings (SSSR count). The number of anilines is 1. The number of fused-ring (bicyclic) bond motifs is 1. The fraction of sp³-hybridized carbons (Fsp3) is 0.0870. The summed E-state index contributed by atoms with van der Waals surface area (Å²) in [6, 6.07) is 19.0. The third-order valence-electron chi connectivity index (χ3n) is 4.79. The summed E-state index contributed by atoms with van der Waals surface area (Å²) in [5, 5.41) is 3.51. The normalized spacial score (nSPS) is 11.6. The molecule has 156 valence electrons. The molecule has 0 aliphatic carbocycles. The van der Waals surface area contributed by atoms with Crippen molar-refractivity contribution in [3.05, 3.63) is 84.7 Å². The number of carbonyl (C=O) groups excluding carboxylic acids is 1. The van der Waals surface area contributed by atoms with Crippen LogP contribution in [0.15, 0.2) is 84.0 Å². The van der Waals surface area contributed by atoms with Gasteiger partial charge in [0, 0.05) is 43.1 Å². The molecule has 8 heteroatoms. The number of benzene rings is 2. The summed E-state index contributed by atoms with van der Waals surface area (Å²) >= 11 is 0. The lowest BCUT2D eigenvalue weighted by molar-refractivity contribution is 0.102. The Morgan fingerprint density at radius 1 is 0.968 bits per heavy atom. The van der Waals surface area contributed by atoms with Crippen molar-refractivity contribution in [3.63, 3.8) is 0 Å². The molecule has 0 unspecified atom stereocenters. The van der Waals surface area contributed by atoms with Gasteiger partial charge in [0.2, 0.25) is 10.0 Å². The van der Waals surface area contributed by atoms with Gasteiger partial charge in [-0.15, -0.1) is 0 Å².